The molecule has 2 heterocycles. The molecule has 0 saturated carbocycles. The number of methoxy groups -OCH3 is 1. The number of pyridine rings is 1. The van der Waals surface area contributed by atoms with Gasteiger partial charge in [0.05, 0.1) is 18.7 Å². The van der Waals surface area contributed by atoms with E-state index in [9.17, 15) is 0 Å². The lowest BCUT2D eigenvalue weighted by atomic mass is 10.2. The maximum atomic E-state index is 6.15. The molecule has 0 aliphatic rings. The van der Waals surface area contributed by atoms with Gasteiger partial charge in [0.2, 0.25) is 0 Å². The first kappa shape index (κ1) is 18.3. The normalized spacial score (nSPS) is 10.2. The molecule has 0 amide bonds. The second-order valence-electron chi connectivity index (χ2n) is 5.08. The summed E-state index contributed by atoms with van der Waals surface area (Å²) < 4.78 is 11.0. The van der Waals surface area contributed by atoms with Crippen LogP contribution in [-0.2, 0) is 13.1 Å². The van der Waals surface area contributed by atoms with Gasteiger partial charge in [-0.3, -0.25) is 4.98 Å². The number of aromatic nitrogens is 1. The van der Waals surface area contributed by atoms with Gasteiger partial charge >= 0.3 is 0 Å². The number of nitrogens with one attached hydrogen (secondary N) is 1. The minimum Gasteiger partial charge on any atom is -1.00 e. The van der Waals surface area contributed by atoms with Crippen LogP contribution in [-0.4, -0.2) is 12.1 Å². The van der Waals surface area contributed by atoms with Gasteiger partial charge in [0.15, 0.2) is 0 Å². The molecular weight excluding hydrogens is 347 g/mol. The number of nitrogens with zero attached hydrogens (tertiary/aromatic N) is 1. The Labute approximate surface area is 152 Å². The van der Waals surface area contributed by atoms with Crippen molar-refractivity contribution in [3.63, 3.8) is 0 Å². The summed E-state index contributed by atoms with van der Waals surface area (Å²) in [5, 5.41) is 3.90. The number of benzene rings is 1. The number of ether oxygens (including phenoxy) is 1. The lowest BCUT2D eigenvalue weighted by Crippen LogP contribution is -3.00. The van der Waals surface area contributed by atoms with Gasteiger partial charge in [0.25, 0.3) is 0 Å². The fraction of sp³-hybridized carbons (Fsp3) is 0.167. The van der Waals surface area contributed by atoms with Crippen LogP contribution in [0.5, 0.6) is 5.75 Å². The molecule has 24 heavy (non-hydrogen) atoms. The molecule has 6 heteroatoms. The molecular formula is C18H17Cl2N2O2-. The summed E-state index contributed by atoms with van der Waals surface area (Å²) in [6.07, 6.45) is 3.61. The molecule has 3 aromatic rings. The zero-order chi connectivity index (χ0) is 16.1. The van der Waals surface area contributed by atoms with E-state index in [-0.39, 0.29) is 12.4 Å². The minimum atomic E-state index is 0. The highest BCUT2D eigenvalue weighted by Gasteiger charge is 2.08. The Bertz CT molecular complexity index is 776. The lowest BCUT2D eigenvalue weighted by molar-refractivity contribution is -0.00000547. The molecule has 0 bridgehead atoms. The average Bonchev–Trinajstić information content (AvgIpc) is 3.05. The maximum absolute atomic E-state index is 6.15. The first-order chi connectivity index (χ1) is 11.3. The Morgan fingerprint density at radius 3 is 2.75 bits per heavy atom. The lowest BCUT2D eigenvalue weighted by Gasteiger charge is -2.04. The van der Waals surface area contributed by atoms with Crippen molar-refractivity contribution in [3.8, 4) is 17.1 Å². The quantitative estimate of drug-likeness (QED) is 0.716. The van der Waals surface area contributed by atoms with E-state index in [4.69, 9.17) is 20.8 Å². The van der Waals surface area contributed by atoms with Crippen LogP contribution in [0.1, 0.15) is 11.3 Å². The van der Waals surface area contributed by atoms with Crippen molar-refractivity contribution in [3.05, 3.63) is 71.2 Å². The van der Waals surface area contributed by atoms with Crippen LogP contribution in [0.4, 0.5) is 0 Å². The van der Waals surface area contributed by atoms with Crippen LogP contribution >= 0.6 is 11.6 Å². The van der Waals surface area contributed by atoms with Gasteiger partial charge in [-0.25, -0.2) is 0 Å². The van der Waals surface area contributed by atoms with E-state index in [1.165, 1.54) is 0 Å². The predicted molar refractivity (Wildman–Crippen MR) is 90.5 cm³/mol. The van der Waals surface area contributed by atoms with Crippen molar-refractivity contribution >= 4 is 11.6 Å². The molecule has 1 N–H and O–H groups in total. The predicted octanol–water partition coefficient (Wildman–Crippen LogP) is 1.30. The second-order valence-corrected chi connectivity index (χ2v) is 5.49. The van der Waals surface area contributed by atoms with Crippen LogP contribution in [0.25, 0.3) is 11.3 Å². The van der Waals surface area contributed by atoms with Crippen molar-refractivity contribution in [2.75, 3.05) is 7.11 Å². The van der Waals surface area contributed by atoms with Gasteiger partial charge in [-0.2, -0.15) is 0 Å². The van der Waals surface area contributed by atoms with E-state index >= 15 is 0 Å². The summed E-state index contributed by atoms with van der Waals surface area (Å²) in [4.78, 5) is 4.09. The number of furan rings is 1. The third-order valence-electron chi connectivity index (χ3n) is 3.45. The largest absolute Gasteiger partial charge is 1.00 e. The molecule has 126 valence electrons. The second kappa shape index (κ2) is 8.73. The van der Waals surface area contributed by atoms with E-state index in [1.807, 2.05) is 48.7 Å². The Balaban J connectivity index is 0.00000208. The Hall–Kier alpha value is -2.01. The monoisotopic (exact) mass is 363 g/mol. The Kier molecular flexibility index (Phi) is 6.67. The molecule has 0 radical (unpaired) electrons. The van der Waals surface area contributed by atoms with Crippen molar-refractivity contribution in [2.24, 2.45) is 0 Å². The van der Waals surface area contributed by atoms with E-state index in [0.717, 1.165) is 29.2 Å². The molecule has 0 spiro atoms. The summed E-state index contributed by atoms with van der Waals surface area (Å²) >= 11 is 6.15. The Morgan fingerprint density at radius 2 is 2.04 bits per heavy atom. The fourth-order valence-corrected chi connectivity index (χ4v) is 2.54. The van der Waals surface area contributed by atoms with Gasteiger partial charge in [-0.05, 0) is 42.0 Å². The smallest absolute Gasteiger partial charge is 0.137 e. The summed E-state index contributed by atoms with van der Waals surface area (Å²) in [5.74, 6) is 2.31. The van der Waals surface area contributed by atoms with Gasteiger partial charge in [0, 0.05) is 24.5 Å². The van der Waals surface area contributed by atoms with Crippen molar-refractivity contribution in [1.82, 2.24) is 10.3 Å². The number of hydrogen-bond donors (Lipinski definition) is 1. The summed E-state index contributed by atoms with van der Waals surface area (Å²) in [7, 11) is 1.60. The fourth-order valence-electron chi connectivity index (χ4n) is 2.28. The van der Waals surface area contributed by atoms with E-state index in [2.05, 4.69) is 10.3 Å². The standard InChI is InChI=1S/C18H17ClN2O2.ClH/c1-22-18-6-4-14(9-16(18)19)17-7-5-15(23-17)12-21-11-13-3-2-8-20-10-13;/h2-10,21H,11-12H2,1H3;1H/p-1. The van der Waals surface area contributed by atoms with Gasteiger partial charge in [-0.1, -0.05) is 17.7 Å². The zero-order valence-corrected chi connectivity index (χ0v) is 14.6. The SMILES string of the molecule is COc1ccc(-c2ccc(CNCc3cccnc3)o2)cc1Cl.[Cl-]. The molecule has 0 atom stereocenters. The topological polar surface area (TPSA) is 47.3 Å². The molecule has 4 nitrogen and oxygen atoms in total. The number of rotatable bonds is 6. The average molecular weight is 364 g/mol. The summed E-state index contributed by atoms with van der Waals surface area (Å²) in [6.45, 7) is 1.40. The highest BCUT2D eigenvalue weighted by atomic mass is 35.5. The first-order valence-electron chi connectivity index (χ1n) is 7.28. The molecule has 0 aliphatic heterocycles. The number of halogens is 2. The highest BCUT2D eigenvalue weighted by molar-refractivity contribution is 6.32. The van der Waals surface area contributed by atoms with Crippen LogP contribution < -0.4 is 22.5 Å². The minimum absolute atomic E-state index is 0. The van der Waals surface area contributed by atoms with Crippen molar-refractivity contribution in [2.45, 2.75) is 13.1 Å². The van der Waals surface area contributed by atoms with Gasteiger partial charge < -0.3 is 26.9 Å². The van der Waals surface area contributed by atoms with Gasteiger partial charge in [0.1, 0.15) is 17.3 Å². The van der Waals surface area contributed by atoms with Crippen LogP contribution in [0.2, 0.25) is 5.02 Å². The molecule has 0 saturated heterocycles. The van der Waals surface area contributed by atoms with Crippen LogP contribution in [0.3, 0.4) is 0 Å². The van der Waals surface area contributed by atoms with Crippen molar-refractivity contribution < 1.29 is 21.6 Å². The third kappa shape index (κ3) is 4.51. The molecule has 0 unspecified atom stereocenters. The summed E-state index contributed by atoms with van der Waals surface area (Å²) in [5.41, 5.74) is 2.07. The zero-order valence-electron chi connectivity index (χ0n) is 13.1. The van der Waals surface area contributed by atoms with Gasteiger partial charge in [-0.15, -0.1) is 0 Å². The Morgan fingerprint density at radius 1 is 1.17 bits per heavy atom. The number of hydrogen-bond acceptors (Lipinski definition) is 4. The van der Waals surface area contributed by atoms with Crippen LogP contribution in [0, 0.1) is 0 Å². The molecule has 0 aliphatic carbocycles. The van der Waals surface area contributed by atoms with E-state index in [0.29, 0.717) is 17.3 Å². The maximum Gasteiger partial charge on any atom is 0.137 e. The molecule has 0 fully saturated rings. The molecule has 1 aromatic carbocycles. The highest BCUT2D eigenvalue weighted by Crippen LogP contribution is 2.31. The molecule has 3 rings (SSSR count). The van der Waals surface area contributed by atoms with Crippen LogP contribution in [0.15, 0.2) is 59.3 Å². The first-order valence-corrected chi connectivity index (χ1v) is 7.66. The third-order valence-corrected chi connectivity index (χ3v) is 3.74. The van der Waals surface area contributed by atoms with E-state index < -0.39 is 0 Å². The van der Waals surface area contributed by atoms with Crippen molar-refractivity contribution in [1.29, 1.82) is 0 Å². The summed E-state index contributed by atoms with van der Waals surface area (Å²) in [6, 6.07) is 13.5. The molecule has 2 aromatic heterocycles. The van der Waals surface area contributed by atoms with E-state index in [1.54, 1.807) is 13.3 Å².